The van der Waals surface area contributed by atoms with Gasteiger partial charge in [-0.15, -0.1) is 0 Å². The smallest absolute Gasteiger partial charge is 0.287 e. The fraction of sp³-hybridized carbons (Fsp3) is 0.583. The summed E-state index contributed by atoms with van der Waals surface area (Å²) in [7, 11) is 2.13. The second kappa shape index (κ2) is 5.30. The average Bonchev–Trinajstić information content (AvgIpc) is 3.19. The van der Waals surface area contributed by atoms with Crippen molar-refractivity contribution in [1.29, 1.82) is 0 Å². The first-order valence-corrected chi connectivity index (χ1v) is 6.14. The average molecular weight is 250 g/mol. The van der Waals surface area contributed by atoms with Crippen LogP contribution in [-0.2, 0) is 0 Å². The van der Waals surface area contributed by atoms with Crippen LogP contribution in [0.15, 0.2) is 18.3 Å². The summed E-state index contributed by atoms with van der Waals surface area (Å²) in [6.45, 7) is 2.95. The Morgan fingerprint density at radius 2 is 2.33 bits per heavy atom. The van der Waals surface area contributed by atoms with Gasteiger partial charge in [-0.1, -0.05) is 0 Å². The van der Waals surface area contributed by atoms with Gasteiger partial charge in [0.25, 0.3) is 5.69 Å². The summed E-state index contributed by atoms with van der Waals surface area (Å²) >= 11 is 0. The van der Waals surface area contributed by atoms with Crippen LogP contribution in [0.2, 0.25) is 0 Å². The number of nitrogens with one attached hydrogen (secondary N) is 1. The third kappa shape index (κ3) is 3.16. The second-order valence-corrected chi connectivity index (χ2v) is 4.79. The van der Waals surface area contributed by atoms with Crippen molar-refractivity contribution in [3.05, 3.63) is 28.4 Å². The number of pyridine rings is 1. The predicted molar refractivity (Wildman–Crippen MR) is 69.6 cm³/mol. The highest BCUT2D eigenvalue weighted by Crippen LogP contribution is 2.26. The Bertz CT molecular complexity index is 417. The van der Waals surface area contributed by atoms with E-state index in [-0.39, 0.29) is 5.69 Å². The first kappa shape index (κ1) is 12.8. The summed E-state index contributed by atoms with van der Waals surface area (Å²) in [6.07, 6.45) is 3.85. The molecule has 6 heteroatoms. The molecule has 1 aliphatic rings. The summed E-state index contributed by atoms with van der Waals surface area (Å²) < 4.78 is 0. The van der Waals surface area contributed by atoms with Crippen molar-refractivity contribution >= 4 is 11.5 Å². The lowest BCUT2D eigenvalue weighted by atomic mass is 10.3. The van der Waals surface area contributed by atoms with Crippen LogP contribution < -0.4 is 5.32 Å². The minimum Gasteiger partial charge on any atom is -0.369 e. The monoisotopic (exact) mass is 250 g/mol. The molecule has 1 saturated carbocycles. The fourth-order valence-electron chi connectivity index (χ4n) is 1.84. The van der Waals surface area contributed by atoms with Crippen LogP contribution in [-0.4, -0.2) is 40.5 Å². The van der Waals surface area contributed by atoms with E-state index in [2.05, 4.69) is 29.2 Å². The second-order valence-electron chi connectivity index (χ2n) is 4.79. The molecular formula is C12H18N4O2. The third-order valence-electron chi connectivity index (χ3n) is 3.36. The molecule has 1 atom stereocenters. The van der Waals surface area contributed by atoms with Crippen LogP contribution in [0.4, 0.5) is 11.5 Å². The molecule has 1 N–H and O–H groups in total. The van der Waals surface area contributed by atoms with Gasteiger partial charge in [0.05, 0.1) is 4.92 Å². The zero-order chi connectivity index (χ0) is 13.1. The number of nitro groups is 1. The molecule has 0 saturated heterocycles. The molecule has 1 fully saturated rings. The molecule has 1 heterocycles. The Labute approximate surface area is 106 Å². The Balaban J connectivity index is 1.83. The molecule has 1 aromatic rings. The standard InChI is InChI=1S/C12H18N4O2/c1-9(15(2)10-3-4-10)7-13-12-6-5-11(8-14-12)16(17)18/h5-6,8-10H,3-4,7H2,1-2H3,(H,13,14). The maximum absolute atomic E-state index is 10.5. The first-order chi connectivity index (χ1) is 8.58. The van der Waals surface area contributed by atoms with E-state index in [4.69, 9.17) is 0 Å². The topological polar surface area (TPSA) is 71.3 Å². The van der Waals surface area contributed by atoms with Crippen LogP contribution in [0.5, 0.6) is 0 Å². The maximum Gasteiger partial charge on any atom is 0.287 e. The lowest BCUT2D eigenvalue weighted by Crippen LogP contribution is -2.36. The maximum atomic E-state index is 10.5. The molecule has 1 aliphatic carbocycles. The molecule has 18 heavy (non-hydrogen) atoms. The normalized spacial score (nSPS) is 16.6. The van der Waals surface area contributed by atoms with Crippen molar-refractivity contribution in [1.82, 2.24) is 9.88 Å². The van der Waals surface area contributed by atoms with Gasteiger partial charge in [-0.25, -0.2) is 4.98 Å². The molecule has 6 nitrogen and oxygen atoms in total. The zero-order valence-electron chi connectivity index (χ0n) is 10.7. The van der Waals surface area contributed by atoms with Crippen LogP contribution in [0, 0.1) is 10.1 Å². The van der Waals surface area contributed by atoms with E-state index in [9.17, 15) is 10.1 Å². The molecular weight excluding hydrogens is 232 g/mol. The van der Waals surface area contributed by atoms with E-state index in [0.717, 1.165) is 12.6 Å². The van der Waals surface area contributed by atoms with Crippen molar-refractivity contribution in [3.8, 4) is 0 Å². The number of likely N-dealkylation sites (N-methyl/N-ethyl adjacent to an activating group) is 1. The van der Waals surface area contributed by atoms with Crippen LogP contribution in [0.1, 0.15) is 19.8 Å². The summed E-state index contributed by atoms with van der Waals surface area (Å²) in [5, 5.41) is 13.7. The minimum absolute atomic E-state index is 0.0173. The molecule has 0 amide bonds. The summed E-state index contributed by atoms with van der Waals surface area (Å²) in [5.74, 6) is 0.677. The molecule has 0 aliphatic heterocycles. The number of anilines is 1. The van der Waals surface area contributed by atoms with Crippen LogP contribution in [0.3, 0.4) is 0 Å². The SMILES string of the molecule is CC(CNc1ccc([N+](=O)[O-])cn1)N(C)C1CC1. The zero-order valence-corrected chi connectivity index (χ0v) is 10.7. The Hall–Kier alpha value is -1.69. The van der Waals surface area contributed by atoms with Gasteiger partial charge >= 0.3 is 0 Å². The quantitative estimate of drug-likeness (QED) is 0.616. The molecule has 0 bridgehead atoms. The number of hydrogen-bond acceptors (Lipinski definition) is 5. The molecule has 0 spiro atoms. The molecule has 98 valence electrons. The fourth-order valence-corrected chi connectivity index (χ4v) is 1.84. The number of nitrogens with zero attached hydrogens (tertiary/aromatic N) is 3. The van der Waals surface area contributed by atoms with Crippen molar-refractivity contribution < 1.29 is 4.92 Å². The summed E-state index contributed by atoms with van der Waals surface area (Å²) in [6, 6.07) is 4.26. The highest BCUT2D eigenvalue weighted by Gasteiger charge is 2.28. The number of hydrogen-bond donors (Lipinski definition) is 1. The predicted octanol–water partition coefficient (Wildman–Crippen LogP) is 1.88. The van der Waals surface area contributed by atoms with Crippen molar-refractivity contribution in [2.75, 3.05) is 18.9 Å². The van der Waals surface area contributed by atoms with Crippen molar-refractivity contribution in [2.24, 2.45) is 0 Å². The number of aromatic nitrogens is 1. The first-order valence-electron chi connectivity index (χ1n) is 6.14. The van der Waals surface area contributed by atoms with Gasteiger partial charge < -0.3 is 5.32 Å². The third-order valence-corrected chi connectivity index (χ3v) is 3.36. The van der Waals surface area contributed by atoms with Gasteiger partial charge in [0.1, 0.15) is 12.0 Å². The molecule has 1 aromatic heterocycles. The van der Waals surface area contributed by atoms with Crippen LogP contribution >= 0.6 is 0 Å². The highest BCUT2D eigenvalue weighted by molar-refractivity contribution is 5.40. The highest BCUT2D eigenvalue weighted by atomic mass is 16.6. The van der Waals surface area contributed by atoms with Gasteiger partial charge in [-0.3, -0.25) is 15.0 Å². The van der Waals surface area contributed by atoms with Gasteiger partial charge in [0.15, 0.2) is 0 Å². The Kier molecular flexibility index (Phi) is 3.76. The Morgan fingerprint density at radius 1 is 1.61 bits per heavy atom. The van der Waals surface area contributed by atoms with Gasteiger partial charge in [0.2, 0.25) is 0 Å². The van der Waals surface area contributed by atoms with Crippen LogP contribution in [0.25, 0.3) is 0 Å². The largest absolute Gasteiger partial charge is 0.369 e. The van der Waals surface area contributed by atoms with Crippen molar-refractivity contribution in [2.45, 2.75) is 31.8 Å². The van der Waals surface area contributed by atoms with E-state index in [1.54, 1.807) is 6.07 Å². The van der Waals surface area contributed by atoms with Crippen molar-refractivity contribution in [3.63, 3.8) is 0 Å². The van der Waals surface area contributed by atoms with E-state index in [1.165, 1.54) is 25.1 Å². The van der Waals surface area contributed by atoms with Gasteiger partial charge in [-0.2, -0.15) is 0 Å². The summed E-state index contributed by atoms with van der Waals surface area (Å²) in [4.78, 5) is 16.4. The molecule has 1 unspecified atom stereocenters. The molecule has 2 rings (SSSR count). The van der Waals surface area contributed by atoms with Gasteiger partial charge in [0, 0.05) is 24.7 Å². The lowest BCUT2D eigenvalue weighted by molar-refractivity contribution is -0.385. The molecule has 0 radical (unpaired) electrons. The van der Waals surface area contributed by atoms with E-state index in [0.29, 0.717) is 11.9 Å². The Morgan fingerprint density at radius 3 is 2.83 bits per heavy atom. The van der Waals surface area contributed by atoms with E-state index >= 15 is 0 Å². The summed E-state index contributed by atoms with van der Waals surface area (Å²) in [5.41, 5.74) is 0.0173. The van der Waals surface area contributed by atoms with E-state index in [1.807, 2.05) is 0 Å². The number of rotatable bonds is 6. The van der Waals surface area contributed by atoms with E-state index < -0.39 is 4.92 Å². The lowest BCUT2D eigenvalue weighted by Gasteiger charge is -2.24. The minimum atomic E-state index is -0.444. The van der Waals surface area contributed by atoms with Gasteiger partial charge in [-0.05, 0) is 32.9 Å². The molecule has 0 aromatic carbocycles.